The minimum Gasteiger partial charge on any atom is -0.267 e. The Morgan fingerprint density at radius 2 is 1.61 bits per heavy atom. The highest BCUT2D eigenvalue weighted by Crippen LogP contribution is 2.31. The van der Waals surface area contributed by atoms with Gasteiger partial charge in [0.05, 0.1) is 21.3 Å². The molecule has 0 aliphatic rings. The zero-order valence-corrected chi connectivity index (χ0v) is 23.4. The zero-order valence-electron chi connectivity index (χ0n) is 21.8. The minimum atomic E-state index is -3.83. The van der Waals surface area contributed by atoms with Crippen molar-refractivity contribution in [3.63, 3.8) is 0 Å². The van der Waals surface area contributed by atoms with Crippen LogP contribution in [0.4, 0.5) is 13.9 Å². The Morgan fingerprint density at radius 1 is 0.927 bits per heavy atom. The van der Waals surface area contributed by atoms with E-state index in [0.717, 1.165) is 21.9 Å². The third kappa shape index (κ3) is 6.37. The van der Waals surface area contributed by atoms with Crippen LogP contribution in [-0.2, 0) is 16.6 Å². The lowest BCUT2D eigenvalue weighted by molar-refractivity contribution is 0.0987. The van der Waals surface area contributed by atoms with E-state index in [0.29, 0.717) is 15.8 Å². The molecule has 0 aliphatic heterocycles. The average Bonchev–Trinajstić information content (AvgIpc) is 3.40. The highest BCUT2D eigenvalue weighted by atomic mass is 32.2. The van der Waals surface area contributed by atoms with Crippen LogP contribution in [0.2, 0.25) is 0 Å². The number of sulfonamides is 1. The van der Waals surface area contributed by atoms with Gasteiger partial charge in [-0.05, 0) is 65.7 Å². The van der Waals surface area contributed by atoms with Crippen LogP contribution < -0.4 is 5.01 Å². The van der Waals surface area contributed by atoms with E-state index in [4.69, 9.17) is 0 Å². The number of nitrogens with zero attached hydrogens (tertiary/aromatic N) is 4. The molecular formula is C30H24F2N4O3S2. The molecule has 0 saturated carbocycles. The Balaban J connectivity index is 1.45. The van der Waals surface area contributed by atoms with Crippen molar-refractivity contribution in [1.29, 1.82) is 0 Å². The van der Waals surface area contributed by atoms with Crippen LogP contribution >= 0.6 is 11.3 Å². The number of hydrogen-bond donors (Lipinski definition) is 0. The van der Waals surface area contributed by atoms with E-state index in [2.05, 4.69) is 10.1 Å². The Labute approximate surface area is 240 Å². The Kier molecular flexibility index (Phi) is 8.29. The Hall–Kier alpha value is -4.32. The number of thiazole rings is 1. The summed E-state index contributed by atoms with van der Waals surface area (Å²) in [6.07, 6.45) is 1.38. The van der Waals surface area contributed by atoms with Gasteiger partial charge in [-0.1, -0.05) is 60.7 Å². The van der Waals surface area contributed by atoms with E-state index in [1.807, 2.05) is 30.3 Å². The fourth-order valence-electron chi connectivity index (χ4n) is 4.03. The fourth-order valence-corrected chi connectivity index (χ4v) is 6.42. The lowest BCUT2D eigenvalue weighted by atomic mass is 10.2. The third-order valence-corrected chi connectivity index (χ3v) is 9.13. The van der Waals surface area contributed by atoms with Crippen molar-refractivity contribution in [2.45, 2.75) is 18.4 Å². The second kappa shape index (κ2) is 12.0. The highest BCUT2D eigenvalue weighted by Gasteiger charge is 2.25. The molecule has 1 heterocycles. The summed E-state index contributed by atoms with van der Waals surface area (Å²) in [6, 6.07) is 24.5. The number of rotatable bonds is 9. The van der Waals surface area contributed by atoms with Gasteiger partial charge in [-0.25, -0.2) is 22.2 Å². The molecule has 4 aromatic carbocycles. The minimum absolute atomic E-state index is 0.0451. The number of fused-ring (bicyclic) bond motifs is 1. The van der Waals surface area contributed by atoms with Crippen molar-refractivity contribution in [3.05, 3.63) is 125 Å². The summed E-state index contributed by atoms with van der Waals surface area (Å²) in [4.78, 5) is 18.1. The molecule has 0 fully saturated rings. The first kappa shape index (κ1) is 28.2. The summed E-state index contributed by atoms with van der Waals surface area (Å²) >= 11 is 1.07. The molecular weight excluding hydrogens is 566 g/mol. The van der Waals surface area contributed by atoms with Crippen LogP contribution in [0.15, 0.2) is 107 Å². The van der Waals surface area contributed by atoms with Gasteiger partial charge in [0.2, 0.25) is 15.2 Å². The van der Waals surface area contributed by atoms with Gasteiger partial charge in [0, 0.05) is 18.7 Å². The number of carbonyl (C=O) groups is 1. The molecule has 0 spiro atoms. The molecule has 41 heavy (non-hydrogen) atoms. The molecule has 0 N–H and O–H groups in total. The maximum absolute atomic E-state index is 13.8. The molecule has 11 heteroatoms. The molecule has 1 amide bonds. The first-order chi connectivity index (χ1) is 19.7. The molecule has 5 aromatic rings. The van der Waals surface area contributed by atoms with E-state index in [1.165, 1.54) is 77.2 Å². The maximum atomic E-state index is 13.8. The zero-order chi connectivity index (χ0) is 29.0. The number of aromatic nitrogens is 1. The van der Waals surface area contributed by atoms with Crippen LogP contribution in [0.1, 0.15) is 28.4 Å². The molecule has 0 atom stereocenters. The Bertz CT molecular complexity index is 1810. The van der Waals surface area contributed by atoms with Crippen LogP contribution in [-0.4, -0.2) is 36.4 Å². The van der Waals surface area contributed by atoms with E-state index in [9.17, 15) is 22.0 Å². The molecule has 5 rings (SSSR count). The summed E-state index contributed by atoms with van der Waals surface area (Å²) < 4.78 is 55.7. The number of amides is 1. The summed E-state index contributed by atoms with van der Waals surface area (Å²) in [7, 11) is -3.83. The van der Waals surface area contributed by atoms with Gasteiger partial charge in [-0.3, -0.25) is 4.79 Å². The lowest BCUT2D eigenvalue weighted by Crippen LogP contribution is -2.30. The Morgan fingerprint density at radius 3 is 2.29 bits per heavy atom. The predicted octanol–water partition coefficient (Wildman–Crippen LogP) is 6.47. The highest BCUT2D eigenvalue weighted by molar-refractivity contribution is 7.89. The number of hydrazone groups is 1. The largest absolute Gasteiger partial charge is 0.280 e. The van der Waals surface area contributed by atoms with Gasteiger partial charge < -0.3 is 0 Å². The van der Waals surface area contributed by atoms with Gasteiger partial charge in [0.1, 0.15) is 11.6 Å². The van der Waals surface area contributed by atoms with Crippen molar-refractivity contribution in [2.24, 2.45) is 5.10 Å². The number of hydrogen-bond acceptors (Lipinski definition) is 6. The van der Waals surface area contributed by atoms with Gasteiger partial charge in [0.15, 0.2) is 0 Å². The van der Waals surface area contributed by atoms with Crippen molar-refractivity contribution in [1.82, 2.24) is 9.29 Å². The maximum Gasteiger partial charge on any atom is 0.280 e. The SMILES string of the molecule is CCN(Cc1ccccc1)S(=O)(=O)c1ccc(C(=O)N(/N=C/c2ccc(F)cc2)c2nc3ccc(F)cc3s2)cc1. The molecule has 1 aromatic heterocycles. The van der Waals surface area contributed by atoms with Gasteiger partial charge >= 0.3 is 0 Å². The van der Waals surface area contributed by atoms with Crippen LogP contribution in [0, 0.1) is 11.6 Å². The number of halogens is 2. The lowest BCUT2D eigenvalue weighted by Gasteiger charge is -2.21. The summed E-state index contributed by atoms with van der Waals surface area (Å²) in [5, 5.41) is 5.56. The van der Waals surface area contributed by atoms with Gasteiger partial charge in [0.25, 0.3) is 5.91 Å². The van der Waals surface area contributed by atoms with E-state index in [1.54, 1.807) is 6.92 Å². The molecule has 0 aliphatic carbocycles. The summed E-state index contributed by atoms with van der Waals surface area (Å²) in [6.45, 7) is 2.24. The second-order valence-electron chi connectivity index (χ2n) is 8.96. The van der Waals surface area contributed by atoms with Crippen molar-refractivity contribution < 1.29 is 22.0 Å². The number of carbonyl (C=O) groups excluding carboxylic acids is 1. The van der Waals surface area contributed by atoms with Crippen LogP contribution in [0.5, 0.6) is 0 Å². The standard InChI is InChI=1S/C30H24F2N4O3S2/c1-2-35(20-22-6-4-3-5-7-22)41(38,39)26-15-10-23(11-16-26)29(37)36(33-19-21-8-12-24(31)13-9-21)30-34-27-17-14-25(32)18-28(27)40-30/h3-19H,2,20H2,1H3/b33-19+. The number of anilines is 1. The smallest absolute Gasteiger partial charge is 0.267 e. The van der Waals surface area contributed by atoms with E-state index < -0.39 is 27.6 Å². The van der Waals surface area contributed by atoms with Crippen molar-refractivity contribution >= 4 is 48.8 Å². The normalized spacial score (nSPS) is 11.9. The first-order valence-electron chi connectivity index (χ1n) is 12.6. The molecule has 0 bridgehead atoms. The monoisotopic (exact) mass is 590 g/mol. The van der Waals surface area contributed by atoms with Gasteiger partial charge in [-0.15, -0.1) is 0 Å². The molecule has 0 radical (unpaired) electrons. The second-order valence-corrected chi connectivity index (χ2v) is 11.9. The van der Waals surface area contributed by atoms with Crippen molar-refractivity contribution in [2.75, 3.05) is 11.6 Å². The summed E-state index contributed by atoms with van der Waals surface area (Å²) in [5.74, 6) is -1.43. The fraction of sp³-hybridized carbons (Fsp3) is 0.100. The number of benzene rings is 4. The molecule has 0 unspecified atom stereocenters. The van der Waals surface area contributed by atoms with Crippen molar-refractivity contribution in [3.8, 4) is 0 Å². The molecule has 0 saturated heterocycles. The summed E-state index contributed by atoms with van der Waals surface area (Å²) in [5.41, 5.74) is 2.04. The van der Waals surface area contributed by atoms with Crippen LogP contribution in [0.25, 0.3) is 10.2 Å². The quantitative estimate of drug-likeness (QED) is 0.146. The molecule has 208 valence electrons. The van der Waals surface area contributed by atoms with E-state index >= 15 is 0 Å². The molecule has 7 nitrogen and oxygen atoms in total. The first-order valence-corrected chi connectivity index (χ1v) is 14.8. The van der Waals surface area contributed by atoms with E-state index in [-0.39, 0.29) is 28.7 Å². The predicted molar refractivity (Wildman–Crippen MR) is 157 cm³/mol. The van der Waals surface area contributed by atoms with Gasteiger partial charge in [-0.2, -0.15) is 14.4 Å². The topological polar surface area (TPSA) is 82.9 Å². The van der Waals surface area contributed by atoms with Crippen LogP contribution in [0.3, 0.4) is 0 Å². The third-order valence-electron chi connectivity index (χ3n) is 6.20. The average molecular weight is 591 g/mol.